The highest BCUT2D eigenvalue weighted by molar-refractivity contribution is 5.60. The van der Waals surface area contributed by atoms with E-state index < -0.39 is 0 Å². The average Bonchev–Trinajstić information content (AvgIpc) is 2.75. The molecule has 0 spiro atoms. The third kappa shape index (κ3) is 2.71. The fourth-order valence-electron chi connectivity index (χ4n) is 2.44. The van der Waals surface area contributed by atoms with Crippen molar-refractivity contribution in [2.45, 2.75) is 32.2 Å². The molecule has 0 bridgehead atoms. The van der Waals surface area contributed by atoms with Crippen molar-refractivity contribution in [1.82, 2.24) is 0 Å². The van der Waals surface area contributed by atoms with Crippen molar-refractivity contribution in [2.24, 2.45) is 5.92 Å². The maximum absolute atomic E-state index is 8.84. The highest BCUT2D eigenvalue weighted by Gasteiger charge is 2.21. The number of ether oxygens (including phenoxy) is 1. The molecule has 2 atom stereocenters. The summed E-state index contributed by atoms with van der Waals surface area (Å²) in [6.07, 6.45) is 3.71. The fraction of sp³-hybridized carbons (Fsp3) is 0.500. The molecule has 90 valence electrons. The van der Waals surface area contributed by atoms with Crippen LogP contribution in [0.5, 0.6) is 5.75 Å². The summed E-state index contributed by atoms with van der Waals surface area (Å²) in [7, 11) is 1.64. The Morgan fingerprint density at radius 1 is 1.41 bits per heavy atom. The molecule has 2 rings (SSSR count). The maximum Gasteiger partial charge on any atom is 0.143 e. The van der Waals surface area contributed by atoms with Crippen LogP contribution >= 0.6 is 0 Å². The van der Waals surface area contributed by atoms with Crippen molar-refractivity contribution in [2.75, 3.05) is 12.4 Å². The number of anilines is 1. The molecule has 3 nitrogen and oxygen atoms in total. The maximum atomic E-state index is 8.84. The Kier molecular flexibility index (Phi) is 3.53. The largest absolute Gasteiger partial charge is 0.495 e. The number of nitrogens with zero attached hydrogens (tertiary/aromatic N) is 1. The summed E-state index contributed by atoms with van der Waals surface area (Å²) in [6, 6.07) is 8.19. The molecule has 1 saturated carbocycles. The molecule has 3 heteroatoms. The molecule has 1 aliphatic carbocycles. The van der Waals surface area contributed by atoms with Crippen LogP contribution in [-0.2, 0) is 0 Å². The third-order valence-corrected chi connectivity index (χ3v) is 3.39. The van der Waals surface area contributed by atoms with E-state index in [2.05, 4.69) is 18.3 Å². The Balaban J connectivity index is 2.13. The Hall–Kier alpha value is -1.69. The first-order chi connectivity index (χ1) is 8.22. The van der Waals surface area contributed by atoms with E-state index in [1.54, 1.807) is 13.2 Å². The summed E-state index contributed by atoms with van der Waals surface area (Å²) in [5, 5.41) is 12.3. The second kappa shape index (κ2) is 5.09. The van der Waals surface area contributed by atoms with Crippen LogP contribution in [0.2, 0.25) is 0 Å². The van der Waals surface area contributed by atoms with E-state index in [9.17, 15) is 0 Å². The van der Waals surface area contributed by atoms with Gasteiger partial charge in [0.1, 0.15) is 5.75 Å². The van der Waals surface area contributed by atoms with E-state index in [4.69, 9.17) is 10.00 Å². The lowest BCUT2D eigenvalue weighted by molar-refractivity contribution is 0.415. The molecule has 1 fully saturated rings. The van der Waals surface area contributed by atoms with Crippen LogP contribution in [0.1, 0.15) is 31.7 Å². The minimum Gasteiger partial charge on any atom is -0.495 e. The minimum atomic E-state index is 0.534. The van der Waals surface area contributed by atoms with E-state index in [0.717, 1.165) is 17.4 Å². The molecule has 0 amide bonds. The van der Waals surface area contributed by atoms with Gasteiger partial charge >= 0.3 is 0 Å². The summed E-state index contributed by atoms with van der Waals surface area (Å²) in [5.41, 5.74) is 1.62. The number of benzene rings is 1. The normalized spacial score (nSPS) is 23.1. The van der Waals surface area contributed by atoms with Crippen LogP contribution in [0.3, 0.4) is 0 Å². The summed E-state index contributed by atoms with van der Waals surface area (Å²) in [6.45, 7) is 2.29. The van der Waals surface area contributed by atoms with E-state index in [0.29, 0.717) is 11.6 Å². The molecule has 1 N–H and O–H groups in total. The number of hydrogen-bond donors (Lipinski definition) is 1. The van der Waals surface area contributed by atoms with Gasteiger partial charge in [0.15, 0.2) is 0 Å². The Labute approximate surface area is 102 Å². The zero-order valence-electron chi connectivity index (χ0n) is 10.4. The Bertz CT molecular complexity index is 436. The molecule has 0 heterocycles. The fourth-order valence-corrected chi connectivity index (χ4v) is 2.44. The Morgan fingerprint density at radius 3 is 2.82 bits per heavy atom. The van der Waals surface area contributed by atoms with E-state index >= 15 is 0 Å². The van der Waals surface area contributed by atoms with Gasteiger partial charge in [-0.25, -0.2) is 0 Å². The second-order valence-corrected chi connectivity index (χ2v) is 4.79. The van der Waals surface area contributed by atoms with Crippen LogP contribution < -0.4 is 10.1 Å². The molecule has 0 aliphatic heterocycles. The van der Waals surface area contributed by atoms with Crippen LogP contribution in [0.15, 0.2) is 18.2 Å². The standard InChI is InChI=1S/C14H18N2O/c1-10-3-5-12(7-10)16-13-6-4-11(9-15)8-14(13)17-2/h4,6,8,10,12,16H,3,5,7H2,1-2H3. The monoisotopic (exact) mass is 230 g/mol. The summed E-state index contributed by atoms with van der Waals surface area (Å²) < 4.78 is 5.31. The predicted octanol–water partition coefficient (Wildman–Crippen LogP) is 3.17. The number of nitrogens with one attached hydrogen (secondary N) is 1. The van der Waals surface area contributed by atoms with Crippen LogP contribution in [-0.4, -0.2) is 13.2 Å². The Morgan fingerprint density at radius 2 is 2.24 bits per heavy atom. The van der Waals surface area contributed by atoms with Gasteiger partial charge in [0.05, 0.1) is 24.4 Å². The first kappa shape index (κ1) is 11.8. The lowest BCUT2D eigenvalue weighted by atomic mass is 10.1. The van der Waals surface area contributed by atoms with Gasteiger partial charge in [-0.2, -0.15) is 5.26 Å². The van der Waals surface area contributed by atoms with Crippen molar-refractivity contribution in [3.05, 3.63) is 23.8 Å². The van der Waals surface area contributed by atoms with Crippen LogP contribution in [0, 0.1) is 17.2 Å². The quantitative estimate of drug-likeness (QED) is 0.867. The molecule has 0 saturated heterocycles. The van der Waals surface area contributed by atoms with Crippen molar-refractivity contribution in [3.63, 3.8) is 0 Å². The van der Waals surface area contributed by atoms with Gasteiger partial charge in [0.25, 0.3) is 0 Å². The smallest absolute Gasteiger partial charge is 0.143 e. The zero-order chi connectivity index (χ0) is 12.3. The second-order valence-electron chi connectivity index (χ2n) is 4.79. The zero-order valence-corrected chi connectivity index (χ0v) is 10.4. The van der Waals surface area contributed by atoms with E-state index in [1.807, 2.05) is 12.1 Å². The average molecular weight is 230 g/mol. The number of rotatable bonds is 3. The van der Waals surface area contributed by atoms with Crippen molar-refractivity contribution in [1.29, 1.82) is 5.26 Å². The molecule has 1 aromatic rings. The summed E-state index contributed by atoms with van der Waals surface area (Å²) >= 11 is 0. The van der Waals surface area contributed by atoms with Gasteiger partial charge in [0.2, 0.25) is 0 Å². The van der Waals surface area contributed by atoms with Gasteiger partial charge in [-0.05, 0) is 37.3 Å². The molecular weight excluding hydrogens is 212 g/mol. The summed E-state index contributed by atoms with van der Waals surface area (Å²) in [4.78, 5) is 0. The van der Waals surface area contributed by atoms with Gasteiger partial charge < -0.3 is 10.1 Å². The van der Waals surface area contributed by atoms with Crippen molar-refractivity contribution < 1.29 is 4.74 Å². The minimum absolute atomic E-state index is 0.534. The van der Waals surface area contributed by atoms with Gasteiger partial charge in [-0.1, -0.05) is 6.92 Å². The highest BCUT2D eigenvalue weighted by Crippen LogP contribution is 2.31. The highest BCUT2D eigenvalue weighted by atomic mass is 16.5. The first-order valence-corrected chi connectivity index (χ1v) is 6.07. The van der Waals surface area contributed by atoms with Gasteiger partial charge in [0, 0.05) is 12.1 Å². The number of methoxy groups -OCH3 is 1. The van der Waals surface area contributed by atoms with Crippen molar-refractivity contribution >= 4 is 5.69 Å². The van der Waals surface area contributed by atoms with Crippen LogP contribution in [0.4, 0.5) is 5.69 Å². The molecular formula is C14H18N2O. The summed E-state index contributed by atoms with van der Waals surface area (Å²) in [5.74, 6) is 1.56. The van der Waals surface area contributed by atoms with Gasteiger partial charge in [-0.15, -0.1) is 0 Å². The molecule has 0 aromatic heterocycles. The number of hydrogen-bond acceptors (Lipinski definition) is 3. The SMILES string of the molecule is COc1cc(C#N)ccc1NC1CCC(C)C1. The first-order valence-electron chi connectivity index (χ1n) is 6.07. The molecule has 1 aromatic carbocycles. The molecule has 17 heavy (non-hydrogen) atoms. The lowest BCUT2D eigenvalue weighted by Crippen LogP contribution is -2.15. The van der Waals surface area contributed by atoms with E-state index in [-0.39, 0.29) is 0 Å². The third-order valence-electron chi connectivity index (χ3n) is 3.39. The number of nitriles is 1. The predicted molar refractivity (Wildman–Crippen MR) is 68.1 cm³/mol. The molecule has 2 unspecified atom stereocenters. The molecule has 1 aliphatic rings. The van der Waals surface area contributed by atoms with E-state index in [1.165, 1.54) is 19.3 Å². The van der Waals surface area contributed by atoms with Crippen LogP contribution in [0.25, 0.3) is 0 Å². The lowest BCUT2D eigenvalue weighted by Gasteiger charge is -2.16. The topological polar surface area (TPSA) is 45.0 Å². The van der Waals surface area contributed by atoms with Gasteiger partial charge in [-0.3, -0.25) is 0 Å². The van der Waals surface area contributed by atoms with Crippen molar-refractivity contribution in [3.8, 4) is 11.8 Å². The molecule has 0 radical (unpaired) electrons.